The zero-order valence-electron chi connectivity index (χ0n) is 14.8. The van der Waals surface area contributed by atoms with Crippen molar-refractivity contribution < 1.29 is 26.3 Å². The normalized spacial score (nSPS) is 14.1. The highest BCUT2D eigenvalue weighted by Gasteiger charge is 2.18. The Hall–Kier alpha value is -2.30. The number of fused-ring (bicyclic) bond motifs is 1. The minimum absolute atomic E-state index is 0. The fourth-order valence-corrected chi connectivity index (χ4v) is 3.22. The van der Waals surface area contributed by atoms with Crippen LogP contribution in [0.15, 0.2) is 59.0 Å². The van der Waals surface area contributed by atoms with Gasteiger partial charge in [0.25, 0.3) is 0 Å². The fraction of sp³-hybridized carbons (Fsp3) is 0.286. The van der Waals surface area contributed by atoms with Crippen LogP contribution in [0, 0.1) is 0 Å². The first-order valence-corrected chi connectivity index (χ1v) is 8.77. The predicted octanol–water partition coefficient (Wildman–Crippen LogP) is 0.305. The Balaban J connectivity index is 0.00000196. The van der Waals surface area contributed by atoms with Crippen LogP contribution < -0.4 is 27.3 Å². The molecule has 136 valence electrons. The van der Waals surface area contributed by atoms with Gasteiger partial charge in [-0.25, -0.2) is 0 Å². The molecule has 0 atom stereocenters. The minimum Gasteiger partial charge on any atom is -1.00 e. The largest absolute Gasteiger partial charge is 1.00 e. The topological polar surface area (TPSA) is 34.6 Å². The molecule has 0 saturated carbocycles. The van der Waals surface area contributed by atoms with Gasteiger partial charge < -0.3 is 26.3 Å². The Bertz CT molecular complexity index is 942. The molecule has 26 heavy (non-hydrogen) atoms. The van der Waals surface area contributed by atoms with Gasteiger partial charge in [-0.15, -0.1) is 0 Å². The number of para-hydroxylation sites is 1. The van der Waals surface area contributed by atoms with E-state index in [0.29, 0.717) is 6.61 Å². The van der Waals surface area contributed by atoms with Crippen molar-refractivity contribution in [1.29, 1.82) is 0 Å². The molecule has 0 spiro atoms. The third-order valence-corrected chi connectivity index (χ3v) is 4.45. The molecule has 2 heterocycles. The average Bonchev–Trinajstić information content (AvgIpc) is 2.69. The van der Waals surface area contributed by atoms with Crippen molar-refractivity contribution in [2.75, 3.05) is 32.9 Å². The van der Waals surface area contributed by atoms with E-state index in [1.807, 2.05) is 31.2 Å². The number of benzene rings is 2. The molecule has 5 heteroatoms. The van der Waals surface area contributed by atoms with Crippen LogP contribution in [-0.4, -0.2) is 32.9 Å². The SMILES string of the molecule is CCOc1cc(=[N+]2CCOCC2)oc2c(-c3ccccc3)cccc12.[Cl-]. The number of morpholine rings is 1. The van der Waals surface area contributed by atoms with Gasteiger partial charge in [-0.2, -0.15) is 4.58 Å². The summed E-state index contributed by atoms with van der Waals surface area (Å²) in [5.74, 6) is 0.864. The van der Waals surface area contributed by atoms with E-state index in [4.69, 9.17) is 13.9 Å². The number of hydrogen-bond acceptors (Lipinski definition) is 3. The molecule has 1 fully saturated rings. The van der Waals surface area contributed by atoms with Crippen LogP contribution in [0.1, 0.15) is 6.92 Å². The number of ether oxygens (including phenoxy) is 2. The second-order valence-corrected chi connectivity index (χ2v) is 6.03. The number of rotatable bonds is 3. The lowest BCUT2D eigenvalue weighted by Crippen LogP contribution is -3.00. The van der Waals surface area contributed by atoms with Gasteiger partial charge in [-0.05, 0) is 18.6 Å². The van der Waals surface area contributed by atoms with Crippen LogP contribution in [-0.2, 0) is 4.74 Å². The van der Waals surface area contributed by atoms with Crippen LogP contribution in [0.4, 0.5) is 0 Å². The standard InChI is InChI=1S/C21H22NO3.ClH/c1-2-24-19-15-20(22-11-13-23-14-12-22)25-21-17(9-6-10-18(19)21)16-7-4-3-5-8-16;/h3-10,15H,2,11-14H2,1H3;1H/q+1;/p-1. The molecule has 0 radical (unpaired) electrons. The lowest BCUT2D eigenvalue weighted by atomic mass is 10.0. The molecule has 0 unspecified atom stereocenters. The summed E-state index contributed by atoms with van der Waals surface area (Å²) >= 11 is 0. The number of nitrogens with zero attached hydrogens (tertiary/aromatic N) is 1. The molecular weight excluding hydrogens is 350 g/mol. The third kappa shape index (κ3) is 3.62. The monoisotopic (exact) mass is 371 g/mol. The van der Waals surface area contributed by atoms with Crippen LogP contribution >= 0.6 is 0 Å². The molecule has 0 aliphatic carbocycles. The van der Waals surface area contributed by atoms with Crippen LogP contribution in [0.2, 0.25) is 0 Å². The van der Waals surface area contributed by atoms with E-state index >= 15 is 0 Å². The molecule has 2 aromatic carbocycles. The molecule has 1 aliphatic heterocycles. The molecule has 0 N–H and O–H groups in total. The first-order chi connectivity index (χ1) is 12.4. The zero-order valence-corrected chi connectivity index (χ0v) is 15.5. The second kappa shape index (κ2) is 8.39. The lowest BCUT2D eigenvalue weighted by Gasteiger charge is -2.12. The molecule has 1 aromatic heterocycles. The first kappa shape index (κ1) is 18.5. The Morgan fingerprint density at radius 2 is 1.77 bits per heavy atom. The van der Waals surface area contributed by atoms with Gasteiger partial charge in [-0.1, -0.05) is 42.5 Å². The molecule has 0 amide bonds. The van der Waals surface area contributed by atoms with E-state index in [9.17, 15) is 0 Å². The lowest BCUT2D eigenvalue weighted by molar-refractivity contribution is -0.00000663. The van der Waals surface area contributed by atoms with Crippen molar-refractivity contribution in [2.45, 2.75) is 6.92 Å². The van der Waals surface area contributed by atoms with Crippen molar-refractivity contribution >= 4 is 11.0 Å². The van der Waals surface area contributed by atoms with E-state index < -0.39 is 0 Å². The van der Waals surface area contributed by atoms with E-state index in [1.54, 1.807) is 0 Å². The number of hydrogen-bond donors (Lipinski definition) is 0. The summed E-state index contributed by atoms with van der Waals surface area (Å²) in [5, 5.41) is 1.00. The van der Waals surface area contributed by atoms with Gasteiger partial charge in [0.05, 0.1) is 18.1 Å². The summed E-state index contributed by atoms with van der Waals surface area (Å²) in [6.07, 6.45) is 0. The molecular formula is C21H22ClNO3. The van der Waals surface area contributed by atoms with Gasteiger partial charge in [0, 0.05) is 5.56 Å². The summed E-state index contributed by atoms with van der Waals surface area (Å²) in [6, 6.07) is 18.5. The predicted molar refractivity (Wildman–Crippen MR) is 98.6 cm³/mol. The first-order valence-electron chi connectivity index (χ1n) is 8.77. The van der Waals surface area contributed by atoms with Crippen LogP contribution in [0.3, 0.4) is 0 Å². The highest BCUT2D eigenvalue weighted by atomic mass is 35.5. The Morgan fingerprint density at radius 3 is 2.50 bits per heavy atom. The quantitative estimate of drug-likeness (QED) is 0.621. The van der Waals surface area contributed by atoms with Crippen LogP contribution in [0.25, 0.3) is 22.1 Å². The molecule has 4 rings (SSSR count). The van der Waals surface area contributed by atoms with Crippen molar-refractivity contribution in [2.24, 2.45) is 0 Å². The van der Waals surface area contributed by atoms with Crippen molar-refractivity contribution in [3.63, 3.8) is 0 Å². The Kier molecular flexibility index (Phi) is 5.96. The van der Waals surface area contributed by atoms with E-state index in [1.165, 1.54) is 0 Å². The number of halogens is 1. The zero-order chi connectivity index (χ0) is 17.1. The highest BCUT2D eigenvalue weighted by molar-refractivity contribution is 5.95. The van der Waals surface area contributed by atoms with E-state index in [2.05, 4.69) is 34.9 Å². The molecule has 3 aromatic rings. The van der Waals surface area contributed by atoms with Gasteiger partial charge in [-0.3, -0.25) is 0 Å². The highest BCUT2D eigenvalue weighted by Crippen LogP contribution is 2.32. The van der Waals surface area contributed by atoms with Gasteiger partial charge >= 0.3 is 5.55 Å². The van der Waals surface area contributed by atoms with Crippen LogP contribution in [0.5, 0.6) is 5.75 Å². The summed E-state index contributed by atoms with van der Waals surface area (Å²) in [7, 11) is 0. The van der Waals surface area contributed by atoms with Gasteiger partial charge in [0.1, 0.15) is 19.0 Å². The fourth-order valence-electron chi connectivity index (χ4n) is 3.22. The maximum absolute atomic E-state index is 6.36. The Morgan fingerprint density at radius 1 is 1.00 bits per heavy atom. The smallest absolute Gasteiger partial charge is 0.371 e. The summed E-state index contributed by atoms with van der Waals surface area (Å²) < 4.78 is 20.0. The van der Waals surface area contributed by atoms with E-state index in [-0.39, 0.29) is 12.4 Å². The van der Waals surface area contributed by atoms with E-state index in [0.717, 1.165) is 59.7 Å². The summed E-state index contributed by atoms with van der Waals surface area (Å²) in [6.45, 7) is 5.72. The van der Waals surface area contributed by atoms with Crippen molar-refractivity contribution in [3.05, 3.63) is 60.2 Å². The van der Waals surface area contributed by atoms with Crippen molar-refractivity contribution in [3.8, 4) is 16.9 Å². The second-order valence-electron chi connectivity index (χ2n) is 6.03. The van der Waals surface area contributed by atoms with Crippen molar-refractivity contribution in [1.82, 2.24) is 4.58 Å². The minimum atomic E-state index is 0. The average molecular weight is 372 g/mol. The maximum Gasteiger partial charge on any atom is 0.371 e. The molecule has 4 nitrogen and oxygen atoms in total. The third-order valence-electron chi connectivity index (χ3n) is 4.45. The molecule has 1 saturated heterocycles. The van der Waals surface area contributed by atoms with Gasteiger partial charge in [0.15, 0.2) is 18.7 Å². The molecule has 1 aliphatic rings. The Labute approximate surface area is 159 Å². The molecule has 0 bridgehead atoms. The maximum atomic E-state index is 6.36. The van der Waals surface area contributed by atoms with Gasteiger partial charge in [0.2, 0.25) is 0 Å². The summed E-state index contributed by atoms with van der Waals surface area (Å²) in [5.41, 5.74) is 3.91. The summed E-state index contributed by atoms with van der Waals surface area (Å²) in [4.78, 5) is 0.